The fraction of sp³-hybridized carbons (Fsp3) is 0.375. The Bertz CT molecular complexity index is 543. The number of rotatable bonds is 8. The van der Waals surface area contributed by atoms with Crippen LogP contribution < -0.4 is 5.32 Å². The van der Waals surface area contributed by atoms with Crippen molar-refractivity contribution in [1.82, 2.24) is 5.32 Å². The van der Waals surface area contributed by atoms with Gasteiger partial charge in [-0.15, -0.1) is 0 Å². The largest absolute Gasteiger partial charge is 0.467 e. The quantitative estimate of drug-likeness (QED) is 0.752. The molecule has 2 aromatic rings. The zero-order valence-electron chi connectivity index (χ0n) is 11.9. The predicted molar refractivity (Wildman–Crippen MR) is 75.8 cm³/mol. The fourth-order valence-electron chi connectivity index (χ4n) is 1.96. The van der Waals surface area contributed by atoms with Crippen LogP contribution in [0.1, 0.15) is 30.7 Å². The van der Waals surface area contributed by atoms with Gasteiger partial charge in [-0.2, -0.15) is 0 Å². The van der Waals surface area contributed by atoms with Crippen molar-refractivity contribution in [3.8, 4) is 0 Å². The summed E-state index contributed by atoms with van der Waals surface area (Å²) in [6, 6.07) is 7.61. The van der Waals surface area contributed by atoms with Gasteiger partial charge in [-0.05, 0) is 49.7 Å². The summed E-state index contributed by atoms with van der Waals surface area (Å²) in [6.45, 7) is 3.72. The smallest absolute Gasteiger partial charge is 0.159 e. The van der Waals surface area contributed by atoms with E-state index in [-0.39, 0.29) is 6.04 Å². The van der Waals surface area contributed by atoms with Crippen molar-refractivity contribution >= 4 is 0 Å². The highest BCUT2D eigenvalue weighted by molar-refractivity contribution is 5.20. The maximum Gasteiger partial charge on any atom is 0.159 e. The number of hydrogen-bond donors (Lipinski definition) is 1. The van der Waals surface area contributed by atoms with Crippen molar-refractivity contribution in [3.63, 3.8) is 0 Å². The summed E-state index contributed by atoms with van der Waals surface area (Å²) in [5.74, 6) is -0.835. The number of ether oxygens (including phenoxy) is 1. The highest BCUT2D eigenvalue weighted by Gasteiger charge is 2.08. The molecule has 1 atom stereocenters. The minimum atomic E-state index is -0.822. The van der Waals surface area contributed by atoms with Crippen molar-refractivity contribution in [2.45, 2.75) is 26.0 Å². The van der Waals surface area contributed by atoms with Gasteiger partial charge in [0.05, 0.1) is 6.26 Å². The van der Waals surface area contributed by atoms with Crippen LogP contribution in [0, 0.1) is 11.6 Å². The summed E-state index contributed by atoms with van der Waals surface area (Å²) >= 11 is 0. The fourth-order valence-corrected chi connectivity index (χ4v) is 1.96. The molecule has 1 N–H and O–H groups in total. The molecule has 0 spiro atoms. The zero-order chi connectivity index (χ0) is 15.1. The van der Waals surface area contributed by atoms with E-state index in [9.17, 15) is 8.78 Å². The molecule has 0 saturated carbocycles. The van der Waals surface area contributed by atoms with Gasteiger partial charge in [0.1, 0.15) is 12.4 Å². The van der Waals surface area contributed by atoms with Crippen LogP contribution >= 0.6 is 0 Å². The molecule has 1 aromatic carbocycles. The Kier molecular flexibility index (Phi) is 5.90. The first-order chi connectivity index (χ1) is 10.2. The molecule has 3 nitrogen and oxygen atoms in total. The average Bonchev–Trinajstić information content (AvgIpc) is 2.98. The second-order valence-corrected chi connectivity index (χ2v) is 4.83. The number of furan rings is 1. The maximum absolute atomic E-state index is 13.1. The van der Waals surface area contributed by atoms with E-state index in [0.29, 0.717) is 13.2 Å². The zero-order valence-corrected chi connectivity index (χ0v) is 11.9. The molecule has 0 aliphatic carbocycles. The average molecular weight is 295 g/mol. The van der Waals surface area contributed by atoms with Gasteiger partial charge in [0.25, 0.3) is 0 Å². The van der Waals surface area contributed by atoms with E-state index < -0.39 is 11.6 Å². The molecule has 1 unspecified atom stereocenters. The van der Waals surface area contributed by atoms with Crippen molar-refractivity contribution in [3.05, 3.63) is 59.6 Å². The standard InChI is InChI=1S/C16H19F2NO2/c1-12(13-5-6-15(17)16(18)10-13)19-7-3-8-20-11-14-4-2-9-21-14/h2,4-6,9-10,12,19H,3,7-8,11H2,1H3. The van der Waals surface area contributed by atoms with Crippen molar-refractivity contribution in [1.29, 1.82) is 0 Å². The van der Waals surface area contributed by atoms with E-state index in [0.717, 1.165) is 30.4 Å². The minimum absolute atomic E-state index is 0.0369. The maximum atomic E-state index is 13.1. The van der Waals surface area contributed by atoms with Gasteiger partial charge in [-0.3, -0.25) is 0 Å². The lowest BCUT2D eigenvalue weighted by molar-refractivity contribution is 0.104. The molecule has 0 fully saturated rings. The lowest BCUT2D eigenvalue weighted by atomic mass is 10.1. The summed E-state index contributed by atoms with van der Waals surface area (Å²) in [6.07, 6.45) is 2.44. The van der Waals surface area contributed by atoms with Gasteiger partial charge in [0, 0.05) is 12.6 Å². The normalized spacial score (nSPS) is 12.5. The highest BCUT2D eigenvalue weighted by atomic mass is 19.2. The van der Waals surface area contributed by atoms with Gasteiger partial charge >= 0.3 is 0 Å². The molecule has 1 aromatic heterocycles. The molecular formula is C16H19F2NO2. The third-order valence-electron chi connectivity index (χ3n) is 3.18. The molecule has 114 valence electrons. The Balaban J connectivity index is 1.62. The van der Waals surface area contributed by atoms with Crippen LogP contribution in [0.2, 0.25) is 0 Å². The monoisotopic (exact) mass is 295 g/mol. The Morgan fingerprint density at radius 3 is 2.81 bits per heavy atom. The first-order valence-corrected chi connectivity index (χ1v) is 6.95. The van der Waals surface area contributed by atoms with Gasteiger partial charge in [0.15, 0.2) is 11.6 Å². The molecule has 21 heavy (non-hydrogen) atoms. The predicted octanol–water partition coefficient (Wildman–Crippen LogP) is 3.82. The Morgan fingerprint density at radius 2 is 2.10 bits per heavy atom. The summed E-state index contributed by atoms with van der Waals surface area (Å²) in [7, 11) is 0. The topological polar surface area (TPSA) is 34.4 Å². The molecule has 1 heterocycles. The van der Waals surface area contributed by atoms with Crippen LogP contribution in [0.15, 0.2) is 41.0 Å². The van der Waals surface area contributed by atoms with E-state index >= 15 is 0 Å². The third kappa shape index (κ3) is 4.95. The molecule has 5 heteroatoms. The molecule has 0 radical (unpaired) electrons. The number of nitrogens with one attached hydrogen (secondary N) is 1. The van der Waals surface area contributed by atoms with Crippen molar-refractivity contribution < 1.29 is 17.9 Å². The number of hydrogen-bond acceptors (Lipinski definition) is 3. The van der Waals surface area contributed by atoms with Gasteiger partial charge in [-0.25, -0.2) is 8.78 Å². The molecule has 0 bridgehead atoms. The van der Waals surface area contributed by atoms with E-state index in [1.165, 1.54) is 6.07 Å². The van der Waals surface area contributed by atoms with Crippen LogP contribution in [-0.2, 0) is 11.3 Å². The van der Waals surface area contributed by atoms with Crippen LogP contribution in [0.4, 0.5) is 8.78 Å². The van der Waals surface area contributed by atoms with E-state index in [1.807, 2.05) is 19.1 Å². The van der Waals surface area contributed by atoms with Crippen molar-refractivity contribution in [2.75, 3.05) is 13.2 Å². The molecule has 0 saturated heterocycles. The van der Waals surface area contributed by atoms with E-state index in [1.54, 1.807) is 12.3 Å². The first-order valence-electron chi connectivity index (χ1n) is 6.95. The lowest BCUT2D eigenvalue weighted by Crippen LogP contribution is -2.21. The molecule has 2 rings (SSSR count). The van der Waals surface area contributed by atoms with Crippen LogP contribution in [0.3, 0.4) is 0 Å². The number of benzene rings is 1. The van der Waals surface area contributed by atoms with Crippen LogP contribution in [0.25, 0.3) is 0 Å². The van der Waals surface area contributed by atoms with Gasteiger partial charge < -0.3 is 14.5 Å². The van der Waals surface area contributed by atoms with Crippen LogP contribution in [-0.4, -0.2) is 13.2 Å². The number of halogens is 2. The summed E-state index contributed by atoms with van der Waals surface area (Å²) in [5, 5.41) is 3.25. The second kappa shape index (κ2) is 7.90. The summed E-state index contributed by atoms with van der Waals surface area (Å²) in [5.41, 5.74) is 0.727. The van der Waals surface area contributed by atoms with Crippen molar-refractivity contribution in [2.24, 2.45) is 0 Å². The van der Waals surface area contributed by atoms with E-state index in [4.69, 9.17) is 9.15 Å². The first kappa shape index (κ1) is 15.7. The Labute approximate surface area is 122 Å². The highest BCUT2D eigenvalue weighted by Crippen LogP contribution is 2.15. The lowest BCUT2D eigenvalue weighted by Gasteiger charge is -2.14. The third-order valence-corrected chi connectivity index (χ3v) is 3.18. The Morgan fingerprint density at radius 1 is 1.24 bits per heavy atom. The van der Waals surface area contributed by atoms with Gasteiger partial charge in [0.2, 0.25) is 0 Å². The summed E-state index contributed by atoms with van der Waals surface area (Å²) < 4.78 is 36.6. The van der Waals surface area contributed by atoms with E-state index in [2.05, 4.69) is 5.32 Å². The molecule has 0 amide bonds. The molecule has 0 aliphatic heterocycles. The van der Waals surface area contributed by atoms with Crippen LogP contribution in [0.5, 0.6) is 0 Å². The molecule has 0 aliphatic rings. The van der Waals surface area contributed by atoms with Gasteiger partial charge in [-0.1, -0.05) is 6.07 Å². The second-order valence-electron chi connectivity index (χ2n) is 4.83. The minimum Gasteiger partial charge on any atom is -0.467 e. The molecular weight excluding hydrogens is 276 g/mol. The Hall–Kier alpha value is -1.72. The summed E-state index contributed by atoms with van der Waals surface area (Å²) in [4.78, 5) is 0. The SMILES string of the molecule is CC(NCCCOCc1ccco1)c1ccc(F)c(F)c1.